The van der Waals surface area contributed by atoms with E-state index in [1.165, 1.54) is 104 Å². The molecule has 4 N–H and O–H groups in total. The third-order valence-corrected chi connectivity index (χ3v) is 23.0. The van der Waals surface area contributed by atoms with Crippen LogP contribution in [-0.2, 0) is 57.2 Å². The van der Waals surface area contributed by atoms with Crippen molar-refractivity contribution in [3.63, 3.8) is 0 Å². The normalized spacial score (nSPS) is 26.8. The van der Waals surface area contributed by atoms with E-state index >= 15 is 19.2 Å². The molecule has 1 aliphatic heterocycles. The zero-order valence-corrected chi connectivity index (χ0v) is 63.0. The van der Waals surface area contributed by atoms with Crippen LogP contribution in [0.2, 0.25) is 18.1 Å². The topological polar surface area (TPSA) is 268 Å². The highest BCUT2D eigenvalue weighted by Gasteiger charge is 2.49. The Morgan fingerprint density at radius 1 is 0.457 bits per heavy atom. The van der Waals surface area contributed by atoms with Gasteiger partial charge < -0.3 is 60.0 Å². The molecule has 1 fully saturated rings. The molecule has 0 aromatic rings. The largest absolute Gasteiger partial charge is 0.411 e. The molecule has 1 aliphatic rings. The Hall–Kier alpha value is -5.91. The van der Waals surface area contributed by atoms with Crippen LogP contribution in [0.15, 0.2) is 12.7 Å². The van der Waals surface area contributed by atoms with Gasteiger partial charge in [0.15, 0.2) is 8.32 Å². The van der Waals surface area contributed by atoms with Gasteiger partial charge in [-0.3, -0.25) is 52.7 Å². The number of carbonyl (C=O) groups excluding carboxylic acids is 11. The van der Waals surface area contributed by atoms with E-state index in [0.717, 1.165) is 0 Å². The molecule has 1 rings (SSSR count). The molecule has 0 spiro atoms. The Kier molecular flexibility index (Phi) is 33.0. The Labute approximate surface area is 554 Å². The van der Waals surface area contributed by atoms with Gasteiger partial charge in [0, 0.05) is 49.3 Å². The second-order valence-corrected chi connectivity index (χ2v) is 34.8. The van der Waals surface area contributed by atoms with Crippen LogP contribution >= 0.6 is 0 Å². The van der Waals surface area contributed by atoms with Crippen LogP contribution in [0.5, 0.6) is 0 Å². The standard InChI is InChI=1S/C68H125N11O12Si/c1-31-33-44(15)56(91-92(29,30)68(19,20)21)55-60(83)71-48(32-2)63(86)73(22)47(18)62(85)74(23)50(35-39(5)6)59(82)72-53(42(11)12)66(89)75(24)49(34-38(3)4)58(81)69-45(16)57(80)70-46(17)61(84)76(25)51(36-40(7)8)64(87)77(26)52(37-41(9)10)65(88)78(27)54(43(13)14)67(90)79(55)28/h31,38-56H,1,32-37H2,2-30H3,(H,69,81)(H,70,80)(H,71,83)(H,72,82)/t44-,45+,46-,47-,48+,49+,50+,51+,52+,53+,54+,55+,56-/m1/s1. The number of hydrogen-bond donors (Lipinski definition) is 4. The summed E-state index contributed by atoms with van der Waals surface area (Å²) in [7, 11) is 7.45. The van der Waals surface area contributed by atoms with Crippen LogP contribution in [0.4, 0.5) is 0 Å². The van der Waals surface area contributed by atoms with E-state index in [1.807, 2.05) is 75.4 Å². The second kappa shape index (κ2) is 36.1. The Morgan fingerprint density at radius 3 is 1.26 bits per heavy atom. The molecule has 0 saturated carbocycles. The first-order valence-corrected chi connectivity index (χ1v) is 36.4. The minimum Gasteiger partial charge on any atom is -0.411 e. The van der Waals surface area contributed by atoms with Gasteiger partial charge in [0.1, 0.15) is 66.5 Å². The Balaban J connectivity index is 4.58. The minimum absolute atomic E-state index is 0.0491. The lowest BCUT2D eigenvalue weighted by atomic mass is 9.91. The van der Waals surface area contributed by atoms with E-state index in [4.69, 9.17) is 4.43 Å². The monoisotopic (exact) mass is 1320 g/mol. The van der Waals surface area contributed by atoms with Crippen molar-refractivity contribution >= 4 is 73.3 Å². The van der Waals surface area contributed by atoms with Crippen LogP contribution in [0.1, 0.15) is 177 Å². The van der Waals surface area contributed by atoms with Crippen molar-refractivity contribution in [1.29, 1.82) is 0 Å². The fourth-order valence-electron chi connectivity index (χ4n) is 11.5. The SMILES string of the molecule is C=CC[C@@H](C)[C@@H](O[Si](C)(C)C(C)(C)C)[C@H]1C(=O)N[C@@H](CC)C(=O)N(C)[C@H](C)C(=O)N(C)[C@@H](CC(C)C)C(=O)N[C@@H](C(C)C)C(=O)N(C)[C@@H](CC(C)C)C(=O)N[C@@H](C)C(=O)N[C@H](C)C(=O)N(C)[C@@H](CC(C)C)C(=O)N(C)[C@@H](CC(C)C)C(=O)N(C)[C@@H](C(C)C)C(=O)N1C. The smallest absolute Gasteiger partial charge is 0.246 e. The lowest BCUT2D eigenvalue weighted by Crippen LogP contribution is -2.65. The molecule has 1 saturated heterocycles. The third-order valence-electron chi connectivity index (χ3n) is 18.6. The summed E-state index contributed by atoms with van der Waals surface area (Å²) in [4.78, 5) is 173. The summed E-state index contributed by atoms with van der Waals surface area (Å²) in [6.07, 6.45) is 1.77. The molecule has 528 valence electrons. The van der Waals surface area contributed by atoms with Crippen molar-refractivity contribution in [2.24, 2.45) is 41.4 Å². The Morgan fingerprint density at radius 2 is 0.848 bits per heavy atom. The maximum absolute atomic E-state index is 15.7. The molecule has 24 heteroatoms. The fraction of sp³-hybridized carbons (Fsp3) is 0.809. The van der Waals surface area contributed by atoms with Crippen LogP contribution < -0.4 is 21.3 Å². The number of allylic oxidation sites excluding steroid dienone is 1. The molecule has 11 amide bonds. The van der Waals surface area contributed by atoms with E-state index in [1.54, 1.807) is 40.7 Å². The van der Waals surface area contributed by atoms with Crippen molar-refractivity contribution in [3.8, 4) is 0 Å². The lowest BCUT2D eigenvalue weighted by molar-refractivity contribution is -0.157. The predicted octanol–water partition coefficient (Wildman–Crippen LogP) is 6.30. The molecular weight excluding hydrogens is 1190 g/mol. The first-order chi connectivity index (χ1) is 42.1. The number of likely N-dealkylation sites (N-methyl/N-ethyl adjacent to an activating group) is 7. The predicted molar refractivity (Wildman–Crippen MR) is 364 cm³/mol. The molecule has 13 atom stereocenters. The molecule has 0 unspecified atom stereocenters. The highest BCUT2D eigenvalue weighted by atomic mass is 28.4. The van der Waals surface area contributed by atoms with Crippen LogP contribution in [0.3, 0.4) is 0 Å². The highest BCUT2D eigenvalue weighted by molar-refractivity contribution is 6.74. The quantitative estimate of drug-likeness (QED) is 0.0924. The van der Waals surface area contributed by atoms with Crippen molar-refractivity contribution in [1.82, 2.24) is 55.6 Å². The van der Waals surface area contributed by atoms with Gasteiger partial charge in [-0.15, -0.1) is 6.58 Å². The molecule has 0 aromatic carbocycles. The van der Waals surface area contributed by atoms with E-state index < -0.39 is 164 Å². The number of nitrogens with zero attached hydrogens (tertiary/aromatic N) is 7. The molecule has 0 aromatic heterocycles. The van der Waals surface area contributed by atoms with Crippen LogP contribution in [0, 0.1) is 41.4 Å². The fourth-order valence-corrected chi connectivity index (χ4v) is 12.9. The zero-order chi connectivity index (χ0) is 71.8. The average Bonchev–Trinajstić information content (AvgIpc) is 0.812. The summed E-state index contributed by atoms with van der Waals surface area (Å²) in [6.45, 7) is 44.4. The first kappa shape index (κ1) is 84.1. The summed E-state index contributed by atoms with van der Waals surface area (Å²) in [6, 6.07) is -13.3. The maximum Gasteiger partial charge on any atom is 0.246 e. The van der Waals surface area contributed by atoms with Gasteiger partial charge in [0.25, 0.3) is 0 Å². The second-order valence-electron chi connectivity index (χ2n) is 30.0. The molecule has 0 bridgehead atoms. The summed E-state index contributed by atoms with van der Waals surface area (Å²) >= 11 is 0. The zero-order valence-electron chi connectivity index (χ0n) is 62.0. The molecule has 0 radical (unpaired) electrons. The van der Waals surface area contributed by atoms with E-state index in [9.17, 15) is 33.6 Å². The number of rotatable bonds is 17. The van der Waals surface area contributed by atoms with Gasteiger partial charge in [-0.2, -0.15) is 0 Å². The van der Waals surface area contributed by atoms with Gasteiger partial charge in [0.2, 0.25) is 65.0 Å². The van der Waals surface area contributed by atoms with Crippen LogP contribution in [0.25, 0.3) is 0 Å². The van der Waals surface area contributed by atoms with Gasteiger partial charge in [-0.1, -0.05) is 124 Å². The molecular formula is C68H125N11O12Si. The van der Waals surface area contributed by atoms with E-state index in [2.05, 4.69) is 48.6 Å². The molecule has 92 heavy (non-hydrogen) atoms. The third kappa shape index (κ3) is 22.4. The van der Waals surface area contributed by atoms with Crippen molar-refractivity contribution < 1.29 is 57.2 Å². The van der Waals surface area contributed by atoms with Crippen LogP contribution in [-0.4, -0.2) is 229 Å². The van der Waals surface area contributed by atoms with Gasteiger partial charge in [-0.05, 0) is 119 Å². The maximum atomic E-state index is 15.7. The molecule has 0 aliphatic carbocycles. The molecule has 1 heterocycles. The summed E-state index contributed by atoms with van der Waals surface area (Å²) in [5.74, 6) is -9.13. The Bertz CT molecular complexity index is 2550. The summed E-state index contributed by atoms with van der Waals surface area (Å²) in [5, 5.41) is 10.9. The number of amides is 11. The van der Waals surface area contributed by atoms with Gasteiger partial charge in [-0.25, -0.2) is 0 Å². The van der Waals surface area contributed by atoms with Gasteiger partial charge in [0.05, 0.1) is 6.10 Å². The van der Waals surface area contributed by atoms with Crippen molar-refractivity contribution in [3.05, 3.63) is 12.7 Å². The van der Waals surface area contributed by atoms with Crippen molar-refractivity contribution in [2.75, 3.05) is 49.3 Å². The molecule has 23 nitrogen and oxygen atoms in total. The van der Waals surface area contributed by atoms with Gasteiger partial charge >= 0.3 is 0 Å². The minimum atomic E-state index is -2.81. The van der Waals surface area contributed by atoms with E-state index in [-0.39, 0.29) is 60.8 Å². The van der Waals surface area contributed by atoms with Crippen molar-refractivity contribution in [2.45, 2.75) is 268 Å². The first-order valence-electron chi connectivity index (χ1n) is 33.4. The van der Waals surface area contributed by atoms with E-state index in [0.29, 0.717) is 6.42 Å². The number of hydrogen-bond acceptors (Lipinski definition) is 12. The highest BCUT2D eigenvalue weighted by Crippen LogP contribution is 2.40. The number of carbonyl (C=O) groups is 11. The average molecular weight is 1320 g/mol. The summed E-state index contributed by atoms with van der Waals surface area (Å²) in [5.41, 5.74) is 0. The number of nitrogens with one attached hydrogen (secondary N) is 4. The summed E-state index contributed by atoms with van der Waals surface area (Å²) < 4.78 is 7.22. The lowest BCUT2D eigenvalue weighted by Gasteiger charge is -2.46.